The van der Waals surface area contributed by atoms with E-state index in [-0.39, 0.29) is 47.5 Å². The normalized spacial score (nSPS) is 16.2. The van der Waals surface area contributed by atoms with E-state index in [1.165, 1.54) is 17.7 Å². The molecule has 2 aromatic heterocycles. The van der Waals surface area contributed by atoms with Crippen molar-refractivity contribution in [3.63, 3.8) is 0 Å². The van der Waals surface area contributed by atoms with Crippen LogP contribution in [0.5, 0.6) is 0 Å². The molecular formula is C20H24F2N4O4. The zero-order valence-electron chi connectivity index (χ0n) is 17.2. The standard InChI is InChI=1S/C20H24F2N4O4/c1-4-30-20(29)15-11-26(8-6-21)18-14(17(15)28)9-16(22)19(23-18)25-7-5-13(10-25)24(3)12(2)27/h9,11,13H,4-8,10H2,1-3H3. The van der Waals surface area contributed by atoms with Gasteiger partial charge in [-0.1, -0.05) is 0 Å². The number of hydrogen-bond donors (Lipinski definition) is 0. The molecule has 1 amide bonds. The molecule has 0 radical (unpaired) electrons. The summed E-state index contributed by atoms with van der Waals surface area (Å²) < 4.78 is 34.2. The Kier molecular flexibility index (Phi) is 6.33. The lowest BCUT2D eigenvalue weighted by Gasteiger charge is -2.24. The molecule has 8 nitrogen and oxygen atoms in total. The van der Waals surface area contributed by atoms with Crippen molar-refractivity contribution < 1.29 is 23.1 Å². The van der Waals surface area contributed by atoms with E-state index in [0.29, 0.717) is 19.5 Å². The van der Waals surface area contributed by atoms with Crippen LogP contribution in [0.25, 0.3) is 11.0 Å². The molecule has 1 saturated heterocycles. The number of hydrogen-bond acceptors (Lipinski definition) is 6. The molecule has 0 bridgehead atoms. The van der Waals surface area contributed by atoms with Crippen molar-refractivity contribution in [1.29, 1.82) is 0 Å². The van der Waals surface area contributed by atoms with Crippen LogP contribution in [0, 0.1) is 5.82 Å². The molecule has 162 valence electrons. The predicted molar refractivity (Wildman–Crippen MR) is 107 cm³/mol. The highest BCUT2D eigenvalue weighted by Gasteiger charge is 2.30. The van der Waals surface area contributed by atoms with Crippen molar-refractivity contribution in [2.24, 2.45) is 0 Å². The SMILES string of the molecule is CCOC(=O)c1cn(CCF)c2nc(N3CCC(N(C)C(C)=O)C3)c(F)cc2c1=O. The minimum atomic E-state index is -0.851. The number of anilines is 1. The number of likely N-dealkylation sites (N-methyl/N-ethyl adjacent to an activating group) is 1. The first-order chi connectivity index (χ1) is 14.3. The number of aryl methyl sites for hydroxylation is 1. The Morgan fingerprint density at radius 3 is 2.77 bits per heavy atom. The highest BCUT2D eigenvalue weighted by Crippen LogP contribution is 2.26. The largest absolute Gasteiger partial charge is 0.462 e. The number of rotatable bonds is 6. The van der Waals surface area contributed by atoms with Crippen LogP contribution < -0.4 is 10.3 Å². The second kappa shape index (κ2) is 8.76. The average molecular weight is 422 g/mol. The number of pyridine rings is 2. The summed E-state index contributed by atoms with van der Waals surface area (Å²) >= 11 is 0. The number of carbonyl (C=O) groups excluding carboxylic acids is 2. The van der Waals surface area contributed by atoms with Crippen LogP contribution in [-0.2, 0) is 16.1 Å². The third kappa shape index (κ3) is 3.99. The maximum absolute atomic E-state index is 14.9. The van der Waals surface area contributed by atoms with Crippen molar-refractivity contribution >= 4 is 28.7 Å². The van der Waals surface area contributed by atoms with Crippen molar-refractivity contribution in [2.45, 2.75) is 32.9 Å². The molecule has 10 heteroatoms. The summed E-state index contributed by atoms with van der Waals surface area (Å²) in [7, 11) is 1.69. The number of esters is 1. The topological polar surface area (TPSA) is 84.7 Å². The van der Waals surface area contributed by atoms with Crippen LogP contribution in [0.2, 0.25) is 0 Å². The monoisotopic (exact) mass is 422 g/mol. The Labute approximate surface area is 172 Å². The Morgan fingerprint density at radius 2 is 2.13 bits per heavy atom. The van der Waals surface area contributed by atoms with Gasteiger partial charge in [0.05, 0.1) is 24.6 Å². The molecule has 0 spiro atoms. The van der Waals surface area contributed by atoms with E-state index in [4.69, 9.17) is 4.74 Å². The van der Waals surface area contributed by atoms with E-state index in [2.05, 4.69) is 4.98 Å². The quantitative estimate of drug-likeness (QED) is 0.660. The van der Waals surface area contributed by atoms with Crippen molar-refractivity contribution in [3.05, 3.63) is 33.9 Å². The summed E-state index contributed by atoms with van der Waals surface area (Å²) in [5.41, 5.74) is -0.923. The Bertz CT molecular complexity index is 1040. The number of fused-ring (bicyclic) bond motifs is 1. The lowest BCUT2D eigenvalue weighted by atomic mass is 10.2. The number of ether oxygens (including phenoxy) is 1. The molecule has 1 aliphatic rings. The fourth-order valence-electron chi connectivity index (χ4n) is 3.62. The minimum Gasteiger partial charge on any atom is -0.462 e. The Morgan fingerprint density at radius 1 is 1.40 bits per heavy atom. The zero-order chi connectivity index (χ0) is 22.0. The number of carbonyl (C=O) groups is 2. The highest BCUT2D eigenvalue weighted by molar-refractivity contribution is 5.93. The Hall–Kier alpha value is -3.04. The van der Waals surface area contributed by atoms with Crippen LogP contribution in [0.15, 0.2) is 17.1 Å². The summed E-state index contributed by atoms with van der Waals surface area (Å²) in [4.78, 5) is 44.0. The van der Waals surface area contributed by atoms with Gasteiger partial charge in [0.1, 0.15) is 17.9 Å². The van der Waals surface area contributed by atoms with E-state index in [1.54, 1.807) is 23.8 Å². The molecular weight excluding hydrogens is 398 g/mol. The first-order valence-electron chi connectivity index (χ1n) is 9.73. The van der Waals surface area contributed by atoms with Gasteiger partial charge in [0, 0.05) is 33.3 Å². The van der Waals surface area contributed by atoms with E-state index in [9.17, 15) is 23.2 Å². The second-order valence-corrected chi connectivity index (χ2v) is 7.16. The van der Waals surface area contributed by atoms with Crippen molar-refractivity contribution in [1.82, 2.24) is 14.5 Å². The molecule has 0 aliphatic carbocycles. The summed E-state index contributed by atoms with van der Waals surface area (Å²) in [6.07, 6.45) is 1.85. The van der Waals surface area contributed by atoms with E-state index in [1.807, 2.05) is 0 Å². The van der Waals surface area contributed by atoms with Gasteiger partial charge in [-0.25, -0.2) is 18.6 Å². The fraction of sp³-hybridized carbons (Fsp3) is 0.500. The van der Waals surface area contributed by atoms with Crippen LogP contribution >= 0.6 is 0 Å². The van der Waals surface area contributed by atoms with Gasteiger partial charge in [0.2, 0.25) is 11.3 Å². The maximum atomic E-state index is 14.9. The van der Waals surface area contributed by atoms with Crippen molar-refractivity contribution in [2.75, 3.05) is 38.3 Å². The fourth-order valence-corrected chi connectivity index (χ4v) is 3.62. The molecule has 0 aromatic carbocycles. The maximum Gasteiger partial charge on any atom is 0.343 e. The van der Waals surface area contributed by atoms with E-state index < -0.39 is 23.9 Å². The molecule has 1 aliphatic heterocycles. The molecule has 0 saturated carbocycles. The van der Waals surface area contributed by atoms with Gasteiger partial charge in [0.15, 0.2) is 11.6 Å². The molecule has 2 aromatic rings. The van der Waals surface area contributed by atoms with Gasteiger partial charge in [-0.15, -0.1) is 0 Å². The number of alkyl halides is 1. The lowest BCUT2D eigenvalue weighted by molar-refractivity contribution is -0.129. The second-order valence-electron chi connectivity index (χ2n) is 7.16. The van der Waals surface area contributed by atoms with Gasteiger partial charge < -0.3 is 19.1 Å². The van der Waals surface area contributed by atoms with Crippen LogP contribution in [0.4, 0.5) is 14.6 Å². The predicted octanol–water partition coefficient (Wildman–Crippen LogP) is 1.74. The third-order valence-electron chi connectivity index (χ3n) is 5.31. The smallest absolute Gasteiger partial charge is 0.343 e. The summed E-state index contributed by atoms with van der Waals surface area (Å²) in [5.74, 6) is -1.63. The van der Waals surface area contributed by atoms with Crippen LogP contribution in [0.1, 0.15) is 30.6 Å². The van der Waals surface area contributed by atoms with E-state index in [0.717, 1.165) is 6.07 Å². The summed E-state index contributed by atoms with van der Waals surface area (Å²) in [5, 5.41) is -0.119. The highest BCUT2D eigenvalue weighted by atomic mass is 19.1. The van der Waals surface area contributed by atoms with Gasteiger partial charge in [-0.3, -0.25) is 9.59 Å². The van der Waals surface area contributed by atoms with Crippen LogP contribution in [-0.4, -0.2) is 65.8 Å². The van der Waals surface area contributed by atoms with Gasteiger partial charge >= 0.3 is 5.97 Å². The molecule has 3 rings (SSSR count). The molecule has 30 heavy (non-hydrogen) atoms. The Balaban J connectivity index is 2.07. The molecule has 1 atom stereocenters. The van der Waals surface area contributed by atoms with Gasteiger partial charge in [0.25, 0.3) is 0 Å². The summed E-state index contributed by atoms with van der Waals surface area (Å²) in [6, 6.07) is 0.943. The molecule has 3 heterocycles. The van der Waals surface area contributed by atoms with Crippen molar-refractivity contribution in [3.8, 4) is 0 Å². The van der Waals surface area contributed by atoms with Crippen LogP contribution in [0.3, 0.4) is 0 Å². The third-order valence-corrected chi connectivity index (χ3v) is 5.31. The summed E-state index contributed by atoms with van der Waals surface area (Å²) in [6.45, 7) is 3.08. The lowest BCUT2D eigenvalue weighted by Crippen LogP contribution is -2.37. The van der Waals surface area contributed by atoms with Gasteiger partial charge in [-0.2, -0.15) is 0 Å². The molecule has 1 unspecified atom stereocenters. The first kappa shape index (κ1) is 21.7. The first-order valence-corrected chi connectivity index (χ1v) is 9.73. The number of halogens is 2. The number of amides is 1. The molecule has 1 fully saturated rings. The number of nitrogens with zero attached hydrogens (tertiary/aromatic N) is 4. The number of aromatic nitrogens is 2. The van der Waals surface area contributed by atoms with Gasteiger partial charge in [-0.05, 0) is 19.4 Å². The minimum absolute atomic E-state index is 0.0258. The van der Waals surface area contributed by atoms with E-state index >= 15 is 0 Å². The molecule has 0 N–H and O–H groups in total. The average Bonchev–Trinajstić information content (AvgIpc) is 3.19. The zero-order valence-corrected chi connectivity index (χ0v) is 17.2.